The van der Waals surface area contributed by atoms with Crippen LogP contribution in [0.15, 0.2) is 91.6 Å². The molecule has 0 spiro atoms. The molecule has 7 heteroatoms. The van der Waals surface area contributed by atoms with Crippen molar-refractivity contribution in [3.63, 3.8) is 0 Å². The number of rotatable bonds is 5. The minimum absolute atomic E-state index is 0.0513. The van der Waals surface area contributed by atoms with Gasteiger partial charge in [0.2, 0.25) is 0 Å². The van der Waals surface area contributed by atoms with E-state index in [0.717, 1.165) is 22.8 Å². The van der Waals surface area contributed by atoms with Crippen LogP contribution in [0.25, 0.3) is 5.69 Å². The van der Waals surface area contributed by atoms with Crippen molar-refractivity contribution < 1.29 is 0 Å². The number of hydrogen-bond donors (Lipinski definition) is 1. The first-order valence-electron chi connectivity index (χ1n) is 9.77. The summed E-state index contributed by atoms with van der Waals surface area (Å²) in [6.07, 6.45) is 9.33. The Balaban J connectivity index is 1.60. The van der Waals surface area contributed by atoms with Crippen molar-refractivity contribution in [1.82, 2.24) is 29.7 Å². The van der Waals surface area contributed by atoms with Gasteiger partial charge in [0.15, 0.2) is 5.11 Å². The summed E-state index contributed by atoms with van der Waals surface area (Å²) >= 11 is 5.77. The average Bonchev–Trinajstić information content (AvgIpc) is 3.40. The molecule has 0 saturated carbocycles. The Hall–Kier alpha value is -3.58. The second kappa shape index (κ2) is 8.04. The third-order valence-electron chi connectivity index (χ3n) is 5.26. The van der Waals surface area contributed by atoms with Gasteiger partial charge in [0, 0.05) is 30.5 Å². The predicted octanol–water partition coefficient (Wildman–Crippen LogP) is 3.84. The molecule has 30 heavy (non-hydrogen) atoms. The topological polar surface area (TPSA) is 58.9 Å². The minimum atomic E-state index is -0.0762. The van der Waals surface area contributed by atoms with Crippen molar-refractivity contribution in [3.8, 4) is 5.69 Å². The van der Waals surface area contributed by atoms with E-state index in [4.69, 9.17) is 12.2 Å². The van der Waals surface area contributed by atoms with Crippen molar-refractivity contribution in [2.45, 2.75) is 18.6 Å². The Labute approximate surface area is 180 Å². The zero-order valence-electron chi connectivity index (χ0n) is 16.2. The van der Waals surface area contributed by atoms with Gasteiger partial charge in [-0.3, -0.25) is 15.0 Å². The molecule has 2 atom stereocenters. The van der Waals surface area contributed by atoms with Gasteiger partial charge < -0.3 is 14.8 Å². The maximum absolute atomic E-state index is 5.77. The van der Waals surface area contributed by atoms with Crippen LogP contribution in [0.3, 0.4) is 0 Å². The zero-order valence-corrected chi connectivity index (χ0v) is 17.0. The molecule has 1 aliphatic heterocycles. The molecule has 0 amide bonds. The molecule has 0 unspecified atom stereocenters. The molecule has 1 fully saturated rings. The van der Waals surface area contributed by atoms with Gasteiger partial charge in [-0.15, -0.1) is 0 Å². The van der Waals surface area contributed by atoms with E-state index in [1.54, 1.807) is 6.20 Å². The zero-order chi connectivity index (χ0) is 20.3. The fraction of sp³-hybridized carbons (Fsp3) is 0.130. The summed E-state index contributed by atoms with van der Waals surface area (Å²) in [5.41, 5.74) is 4.04. The van der Waals surface area contributed by atoms with E-state index in [-0.39, 0.29) is 12.1 Å². The lowest BCUT2D eigenvalue weighted by atomic mass is 10.0. The van der Waals surface area contributed by atoms with Crippen molar-refractivity contribution >= 4 is 17.3 Å². The lowest BCUT2D eigenvalue weighted by molar-refractivity contribution is 0.299. The Morgan fingerprint density at radius 2 is 1.77 bits per heavy atom. The molecule has 1 saturated heterocycles. The summed E-state index contributed by atoms with van der Waals surface area (Å²) < 4.78 is 2.16. The summed E-state index contributed by atoms with van der Waals surface area (Å²) in [6, 6.07) is 20.0. The molecule has 0 aliphatic carbocycles. The average molecular weight is 413 g/mol. The fourth-order valence-corrected chi connectivity index (χ4v) is 4.24. The van der Waals surface area contributed by atoms with Crippen molar-refractivity contribution in [2.24, 2.45) is 0 Å². The fourth-order valence-electron chi connectivity index (χ4n) is 3.93. The Morgan fingerprint density at radius 1 is 0.900 bits per heavy atom. The Morgan fingerprint density at radius 3 is 2.50 bits per heavy atom. The Kier molecular flexibility index (Phi) is 4.94. The number of aromatic nitrogens is 4. The molecule has 0 aromatic carbocycles. The lowest BCUT2D eigenvalue weighted by Gasteiger charge is -2.28. The van der Waals surface area contributed by atoms with Crippen LogP contribution in [-0.2, 0) is 6.54 Å². The van der Waals surface area contributed by atoms with E-state index in [9.17, 15) is 0 Å². The van der Waals surface area contributed by atoms with Gasteiger partial charge >= 0.3 is 0 Å². The van der Waals surface area contributed by atoms with E-state index in [0.29, 0.717) is 11.7 Å². The quantitative estimate of drug-likeness (QED) is 0.503. The highest BCUT2D eigenvalue weighted by molar-refractivity contribution is 7.80. The van der Waals surface area contributed by atoms with Crippen LogP contribution < -0.4 is 5.32 Å². The summed E-state index contributed by atoms with van der Waals surface area (Å²) in [5, 5.41) is 4.19. The van der Waals surface area contributed by atoms with Crippen molar-refractivity contribution in [2.75, 3.05) is 0 Å². The highest BCUT2D eigenvalue weighted by Crippen LogP contribution is 2.40. The van der Waals surface area contributed by atoms with E-state index in [2.05, 4.69) is 54.1 Å². The van der Waals surface area contributed by atoms with Gasteiger partial charge in [0.1, 0.15) is 0 Å². The summed E-state index contributed by atoms with van der Waals surface area (Å²) in [5.74, 6) is 0. The molecular weight excluding hydrogens is 392 g/mol. The first-order chi connectivity index (χ1) is 14.8. The van der Waals surface area contributed by atoms with E-state index >= 15 is 0 Å². The van der Waals surface area contributed by atoms with Gasteiger partial charge in [-0.2, -0.15) is 0 Å². The standard InChI is InChI=1S/C23H20N6S/c30-23-27-21(19-9-2-4-13-26-19)22(29(23)16-17-7-1-3-12-25-17)20-10-6-14-28(20)18-8-5-11-24-15-18/h1-15,21-22H,16H2,(H,27,30)/t21-,22-/m1/s1. The van der Waals surface area contributed by atoms with Crippen LogP contribution in [0, 0.1) is 0 Å². The minimum Gasteiger partial charge on any atom is -0.352 e. The Bertz CT molecular complexity index is 1130. The molecule has 1 aliphatic rings. The molecule has 6 nitrogen and oxygen atoms in total. The van der Waals surface area contributed by atoms with E-state index < -0.39 is 0 Å². The van der Waals surface area contributed by atoms with Crippen LogP contribution in [0.1, 0.15) is 29.2 Å². The van der Waals surface area contributed by atoms with Crippen LogP contribution in [0.4, 0.5) is 0 Å². The van der Waals surface area contributed by atoms with Gasteiger partial charge in [0.25, 0.3) is 0 Å². The van der Waals surface area contributed by atoms with Gasteiger partial charge in [-0.1, -0.05) is 12.1 Å². The van der Waals surface area contributed by atoms with Gasteiger partial charge in [0.05, 0.1) is 41.9 Å². The second-order valence-corrected chi connectivity index (χ2v) is 7.48. The number of nitrogens with one attached hydrogen (secondary N) is 1. The molecular formula is C23H20N6S. The third-order valence-corrected chi connectivity index (χ3v) is 5.62. The van der Waals surface area contributed by atoms with E-state index in [1.807, 2.05) is 61.1 Å². The largest absolute Gasteiger partial charge is 0.352 e. The highest BCUT2D eigenvalue weighted by Gasteiger charge is 2.41. The predicted molar refractivity (Wildman–Crippen MR) is 119 cm³/mol. The molecule has 0 radical (unpaired) electrons. The van der Waals surface area contributed by atoms with Crippen LogP contribution in [0.2, 0.25) is 0 Å². The number of nitrogens with zero attached hydrogens (tertiary/aromatic N) is 5. The van der Waals surface area contributed by atoms with Gasteiger partial charge in [-0.05, 0) is 60.7 Å². The molecule has 4 aromatic rings. The SMILES string of the molecule is S=C1N[C@H](c2ccccn2)[C@@H](c2cccn2-c2cccnc2)N1Cc1ccccn1. The number of pyridine rings is 3. The van der Waals surface area contributed by atoms with Crippen LogP contribution in [-0.4, -0.2) is 29.5 Å². The summed E-state index contributed by atoms with van der Waals surface area (Å²) in [7, 11) is 0. The molecule has 148 valence electrons. The monoisotopic (exact) mass is 412 g/mol. The first kappa shape index (κ1) is 18.4. The van der Waals surface area contributed by atoms with Crippen molar-refractivity contribution in [3.05, 3.63) is 109 Å². The second-order valence-electron chi connectivity index (χ2n) is 7.09. The highest BCUT2D eigenvalue weighted by atomic mass is 32.1. The van der Waals surface area contributed by atoms with Crippen LogP contribution >= 0.6 is 12.2 Å². The maximum Gasteiger partial charge on any atom is 0.170 e. The normalized spacial score (nSPS) is 18.4. The van der Waals surface area contributed by atoms with Crippen molar-refractivity contribution in [1.29, 1.82) is 0 Å². The lowest BCUT2D eigenvalue weighted by Crippen LogP contribution is -2.30. The smallest absolute Gasteiger partial charge is 0.170 e. The third kappa shape index (κ3) is 3.44. The maximum atomic E-state index is 5.77. The summed E-state index contributed by atoms with van der Waals surface area (Å²) in [6.45, 7) is 0.610. The molecule has 5 heterocycles. The molecule has 1 N–H and O–H groups in total. The van der Waals surface area contributed by atoms with E-state index in [1.165, 1.54) is 0 Å². The number of thiocarbonyl (C=S) groups is 1. The van der Waals surface area contributed by atoms with Crippen LogP contribution in [0.5, 0.6) is 0 Å². The molecule has 5 rings (SSSR count). The molecule has 4 aromatic heterocycles. The molecule has 0 bridgehead atoms. The van der Waals surface area contributed by atoms with Gasteiger partial charge in [-0.25, -0.2) is 0 Å². The first-order valence-corrected chi connectivity index (χ1v) is 10.2. The summed E-state index contributed by atoms with van der Waals surface area (Å²) in [4.78, 5) is 15.6. The number of hydrogen-bond acceptors (Lipinski definition) is 4.